The molecule has 6 heteroatoms. The molecule has 0 aliphatic carbocycles. The van der Waals surface area contributed by atoms with Gasteiger partial charge in [0.2, 0.25) is 11.6 Å². The number of amides is 1. The second kappa shape index (κ2) is 4.81. The van der Waals surface area contributed by atoms with E-state index < -0.39 is 0 Å². The van der Waals surface area contributed by atoms with Crippen LogP contribution in [0, 0.1) is 6.92 Å². The molecule has 1 N–H and O–H groups in total. The molecule has 0 saturated heterocycles. The number of carbonyl (C=O) groups is 1. The quantitative estimate of drug-likeness (QED) is 0.796. The molecule has 0 atom stereocenters. The monoisotopic (exact) mass is 273 g/mol. The predicted octanol–water partition coefficient (Wildman–Crippen LogP) is 2.77. The minimum absolute atomic E-state index is 0.110. The van der Waals surface area contributed by atoms with E-state index in [4.69, 9.17) is 4.42 Å². The summed E-state index contributed by atoms with van der Waals surface area (Å²) in [6.45, 7) is 1.95. The van der Waals surface area contributed by atoms with E-state index >= 15 is 0 Å². The molecule has 0 saturated carbocycles. The summed E-state index contributed by atoms with van der Waals surface area (Å²) in [5, 5.41) is 4.26. The van der Waals surface area contributed by atoms with Crippen LogP contribution in [0.25, 0.3) is 11.1 Å². The van der Waals surface area contributed by atoms with Crippen LogP contribution in [0.5, 0.6) is 0 Å². The fourth-order valence-electron chi connectivity index (χ4n) is 1.81. The van der Waals surface area contributed by atoms with Crippen molar-refractivity contribution in [3.8, 4) is 0 Å². The first-order valence-corrected chi connectivity index (χ1v) is 6.57. The van der Waals surface area contributed by atoms with Gasteiger partial charge in [0.05, 0.1) is 12.7 Å². The van der Waals surface area contributed by atoms with E-state index in [-0.39, 0.29) is 12.3 Å². The van der Waals surface area contributed by atoms with Crippen LogP contribution in [-0.4, -0.2) is 15.9 Å². The zero-order valence-corrected chi connectivity index (χ0v) is 11.0. The Bertz CT molecular complexity index is 732. The highest BCUT2D eigenvalue weighted by atomic mass is 32.1. The molecule has 0 aliphatic heterocycles. The molecule has 0 spiro atoms. The lowest BCUT2D eigenvalue weighted by atomic mass is 10.1. The van der Waals surface area contributed by atoms with Gasteiger partial charge < -0.3 is 9.73 Å². The van der Waals surface area contributed by atoms with E-state index in [1.807, 2.05) is 19.1 Å². The average molecular weight is 273 g/mol. The third-order valence-electron chi connectivity index (χ3n) is 2.65. The number of carbonyl (C=O) groups excluding carboxylic acids is 1. The van der Waals surface area contributed by atoms with Crippen molar-refractivity contribution in [2.24, 2.45) is 0 Å². The summed E-state index contributed by atoms with van der Waals surface area (Å²) in [5.74, 6) is -0.110. The largest absolute Gasteiger partial charge is 0.446 e. The smallest absolute Gasteiger partial charge is 0.230 e. The molecule has 0 radical (unpaired) electrons. The first-order valence-electron chi connectivity index (χ1n) is 5.76. The third-order valence-corrected chi connectivity index (χ3v) is 3.48. The zero-order valence-electron chi connectivity index (χ0n) is 10.2. The SMILES string of the molecule is Cc1cnc(NC(=O)Cc2coc3ncccc23)s1. The highest BCUT2D eigenvalue weighted by molar-refractivity contribution is 7.15. The first kappa shape index (κ1) is 11.9. The Labute approximate surface area is 113 Å². The lowest BCUT2D eigenvalue weighted by molar-refractivity contribution is -0.115. The maximum Gasteiger partial charge on any atom is 0.230 e. The molecule has 3 aromatic heterocycles. The van der Waals surface area contributed by atoms with Crippen molar-refractivity contribution in [2.75, 3.05) is 5.32 Å². The zero-order chi connectivity index (χ0) is 13.2. The van der Waals surface area contributed by atoms with Gasteiger partial charge in [-0.15, -0.1) is 11.3 Å². The highest BCUT2D eigenvalue weighted by Gasteiger charge is 2.11. The molecular formula is C13H11N3O2S. The number of nitrogens with zero attached hydrogens (tertiary/aromatic N) is 2. The fraction of sp³-hybridized carbons (Fsp3) is 0.154. The van der Waals surface area contributed by atoms with Crippen LogP contribution in [0.4, 0.5) is 5.13 Å². The standard InChI is InChI=1S/C13H11N3O2S/c1-8-6-15-13(19-8)16-11(17)5-9-7-18-12-10(9)3-2-4-14-12/h2-4,6-7H,5H2,1H3,(H,15,16,17). The van der Waals surface area contributed by atoms with Crippen LogP contribution in [-0.2, 0) is 11.2 Å². The van der Waals surface area contributed by atoms with Crippen LogP contribution in [0.1, 0.15) is 10.4 Å². The predicted molar refractivity (Wildman–Crippen MR) is 73.2 cm³/mol. The van der Waals surface area contributed by atoms with Gasteiger partial charge in [0, 0.05) is 28.2 Å². The summed E-state index contributed by atoms with van der Waals surface area (Å²) in [6, 6.07) is 3.71. The maximum atomic E-state index is 11.9. The minimum Gasteiger partial charge on any atom is -0.446 e. The second-order valence-electron chi connectivity index (χ2n) is 4.12. The van der Waals surface area contributed by atoms with Crippen molar-refractivity contribution in [1.82, 2.24) is 9.97 Å². The molecule has 3 heterocycles. The summed E-state index contributed by atoms with van der Waals surface area (Å²) in [7, 11) is 0. The van der Waals surface area contributed by atoms with Crippen molar-refractivity contribution in [2.45, 2.75) is 13.3 Å². The van der Waals surface area contributed by atoms with E-state index in [1.165, 1.54) is 11.3 Å². The average Bonchev–Trinajstić information content (AvgIpc) is 2.97. The molecule has 0 bridgehead atoms. The number of hydrogen-bond acceptors (Lipinski definition) is 5. The van der Waals surface area contributed by atoms with Crippen molar-refractivity contribution in [3.63, 3.8) is 0 Å². The number of nitrogens with one attached hydrogen (secondary N) is 1. The van der Waals surface area contributed by atoms with Crippen LogP contribution in [0.2, 0.25) is 0 Å². The number of aryl methyl sites for hydroxylation is 1. The summed E-state index contributed by atoms with van der Waals surface area (Å²) < 4.78 is 5.30. The van der Waals surface area contributed by atoms with Crippen molar-refractivity contribution >= 4 is 33.5 Å². The lowest BCUT2D eigenvalue weighted by Gasteiger charge is -1.99. The number of hydrogen-bond donors (Lipinski definition) is 1. The Morgan fingerprint density at radius 2 is 2.37 bits per heavy atom. The van der Waals surface area contributed by atoms with Crippen molar-refractivity contribution in [1.29, 1.82) is 0 Å². The lowest BCUT2D eigenvalue weighted by Crippen LogP contribution is -2.13. The van der Waals surface area contributed by atoms with Gasteiger partial charge in [-0.3, -0.25) is 4.79 Å². The maximum absolute atomic E-state index is 11.9. The molecular weight excluding hydrogens is 262 g/mol. The molecule has 0 aromatic carbocycles. The Morgan fingerprint density at radius 3 is 3.16 bits per heavy atom. The first-order chi connectivity index (χ1) is 9.22. The number of aromatic nitrogens is 2. The van der Waals surface area contributed by atoms with Gasteiger partial charge in [0.25, 0.3) is 0 Å². The van der Waals surface area contributed by atoms with E-state index in [1.54, 1.807) is 18.7 Å². The number of thiazole rings is 1. The van der Waals surface area contributed by atoms with Gasteiger partial charge in [0.15, 0.2) is 5.13 Å². The van der Waals surface area contributed by atoms with E-state index in [9.17, 15) is 4.79 Å². The molecule has 0 fully saturated rings. The highest BCUT2D eigenvalue weighted by Crippen LogP contribution is 2.20. The van der Waals surface area contributed by atoms with Crippen molar-refractivity contribution < 1.29 is 9.21 Å². The summed E-state index contributed by atoms with van der Waals surface area (Å²) >= 11 is 1.45. The van der Waals surface area contributed by atoms with Gasteiger partial charge in [-0.2, -0.15) is 0 Å². The van der Waals surface area contributed by atoms with E-state index in [2.05, 4.69) is 15.3 Å². The summed E-state index contributed by atoms with van der Waals surface area (Å²) in [6.07, 6.45) is 5.22. The second-order valence-corrected chi connectivity index (χ2v) is 5.35. The normalized spacial score (nSPS) is 10.8. The summed E-state index contributed by atoms with van der Waals surface area (Å²) in [5.41, 5.74) is 1.38. The Kier molecular flexibility index (Phi) is 3.00. The number of pyridine rings is 1. The number of furan rings is 1. The Balaban J connectivity index is 1.76. The van der Waals surface area contributed by atoms with Gasteiger partial charge in [-0.05, 0) is 19.1 Å². The molecule has 1 amide bonds. The molecule has 3 rings (SSSR count). The Hall–Kier alpha value is -2.21. The molecule has 19 heavy (non-hydrogen) atoms. The molecule has 5 nitrogen and oxygen atoms in total. The number of fused-ring (bicyclic) bond motifs is 1. The van der Waals surface area contributed by atoms with E-state index in [0.717, 1.165) is 15.8 Å². The summed E-state index contributed by atoms with van der Waals surface area (Å²) in [4.78, 5) is 21.2. The number of anilines is 1. The van der Waals surface area contributed by atoms with Gasteiger partial charge in [0.1, 0.15) is 0 Å². The van der Waals surface area contributed by atoms with Gasteiger partial charge in [-0.1, -0.05) is 0 Å². The van der Waals surface area contributed by atoms with Crippen LogP contribution in [0.3, 0.4) is 0 Å². The van der Waals surface area contributed by atoms with Crippen LogP contribution in [0.15, 0.2) is 35.2 Å². The minimum atomic E-state index is -0.110. The Morgan fingerprint density at radius 1 is 1.47 bits per heavy atom. The van der Waals surface area contributed by atoms with E-state index in [0.29, 0.717) is 10.8 Å². The third kappa shape index (κ3) is 2.48. The fourth-order valence-corrected chi connectivity index (χ4v) is 2.49. The van der Waals surface area contributed by atoms with Crippen molar-refractivity contribution in [3.05, 3.63) is 41.2 Å². The van der Waals surface area contributed by atoms with Gasteiger partial charge in [-0.25, -0.2) is 9.97 Å². The van der Waals surface area contributed by atoms with Crippen LogP contribution < -0.4 is 5.32 Å². The van der Waals surface area contributed by atoms with Crippen LogP contribution >= 0.6 is 11.3 Å². The molecule has 3 aromatic rings. The number of rotatable bonds is 3. The molecule has 0 unspecified atom stereocenters. The van der Waals surface area contributed by atoms with Gasteiger partial charge >= 0.3 is 0 Å². The molecule has 0 aliphatic rings. The topological polar surface area (TPSA) is 68.0 Å². The molecule has 96 valence electrons.